The van der Waals surface area contributed by atoms with Gasteiger partial charge < -0.3 is 19.3 Å². The zero-order chi connectivity index (χ0) is 19.8. The van der Waals surface area contributed by atoms with Gasteiger partial charge in [0.2, 0.25) is 5.91 Å². The van der Waals surface area contributed by atoms with Crippen molar-refractivity contribution < 1.29 is 19.1 Å². The van der Waals surface area contributed by atoms with Crippen LogP contribution in [0.3, 0.4) is 0 Å². The summed E-state index contributed by atoms with van der Waals surface area (Å²) >= 11 is 6.04. The van der Waals surface area contributed by atoms with Gasteiger partial charge in [-0.25, -0.2) is 4.79 Å². The Bertz CT molecular complexity index is 792. The lowest BCUT2D eigenvalue weighted by Crippen LogP contribution is -2.51. The summed E-state index contributed by atoms with van der Waals surface area (Å²) in [6.07, 6.45) is 0.630. The summed E-state index contributed by atoms with van der Waals surface area (Å²) in [6, 6.07) is 16.2. The van der Waals surface area contributed by atoms with Crippen molar-refractivity contribution in [2.24, 2.45) is 0 Å². The van der Waals surface area contributed by atoms with Crippen molar-refractivity contribution in [3.63, 3.8) is 0 Å². The fraction of sp³-hybridized carbons (Fsp3) is 0.333. The third-order valence-electron chi connectivity index (χ3n) is 4.47. The van der Waals surface area contributed by atoms with Gasteiger partial charge in [-0.15, -0.1) is 0 Å². The molecule has 0 N–H and O–H groups in total. The van der Waals surface area contributed by atoms with Gasteiger partial charge >= 0.3 is 6.09 Å². The molecule has 1 saturated heterocycles. The summed E-state index contributed by atoms with van der Waals surface area (Å²) in [6.45, 7) is 2.38. The molecule has 2 aromatic carbocycles. The van der Waals surface area contributed by atoms with E-state index in [2.05, 4.69) is 0 Å². The number of carbonyl (C=O) groups is 2. The van der Waals surface area contributed by atoms with Crippen molar-refractivity contribution in [2.75, 3.05) is 32.8 Å². The Labute approximate surface area is 169 Å². The minimum atomic E-state index is -0.383. The Kier molecular flexibility index (Phi) is 7.14. The predicted octanol–water partition coefficient (Wildman–Crippen LogP) is 3.84. The summed E-state index contributed by atoms with van der Waals surface area (Å²) in [5.41, 5.74) is 0. The van der Waals surface area contributed by atoms with Crippen LogP contribution in [0.1, 0.15) is 12.8 Å². The molecule has 0 saturated carbocycles. The smallest absolute Gasteiger partial charge is 0.415 e. The number of hydrogen-bond donors (Lipinski definition) is 0. The van der Waals surface area contributed by atoms with E-state index in [-0.39, 0.29) is 12.0 Å². The second kappa shape index (κ2) is 9.99. The second-order valence-corrected chi connectivity index (χ2v) is 6.84. The zero-order valence-electron chi connectivity index (χ0n) is 15.6. The molecule has 2 aromatic rings. The van der Waals surface area contributed by atoms with Crippen molar-refractivity contribution in [3.05, 3.63) is 59.6 Å². The van der Waals surface area contributed by atoms with Crippen LogP contribution in [0.2, 0.25) is 5.02 Å². The molecule has 7 heteroatoms. The molecular weight excluding hydrogens is 380 g/mol. The number of benzene rings is 2. The van der Waals surface area contributed by atoms with Crippen LogP contribution < -0.4 is 9.47 Å². The van der Waals surface area contributed by atoms with Gasteiger partial charge in [0.05, 0.1) is 11.6 Å². The maximum absolute atomic E-state index is 12.4. The SMILES string of the molecule is O=C(CCCOc1ccccc1Cl)N1CCN(C(=O)Oc2ccccc2)CC1. The number of amides is 2. The first-order valence-electron chi connectivity index (χ1n) is 9.30. The van der Waals surface area contributed by atoms with Gasteiger partial charge in [-0.05, 0) is 30.7 Å². The van der Waals surface area contributed by atoms with Crippen LogP contribution in [0.15, 0.2) is 54.6 Å². The quantitative estimate of drug-likeness (QED) is 0.689. The van der Waals surface area contributed by atoms with Gasteiger partial charge in [0.25, 0.3) is 0 Å². The van der Waals surface area contributed by atoms with Crippen molar-refractivity contribution in [3.8, 4) is 11.5 Å². The van der Waals surface area contributed by atoms with Gasteiger partial charge in [0, 0.05) is 32.6 Å². The summed E-state index contributed by atoms with van der Waals surface area (Å²) in [5, 5.41) is 0.562. The Hall–Kier alpha value is -2.73. The van der Waals surface area contributed by atoms with E-state index in [0.29, 0.717) is 62.1 Å². The van der Waals surface area contributed by atoms with Crippen LogP contribution in [0.4, 0.5) is 4.79 Å². The summed E-state index contributed by atoms with van der Waals surface area (Å²) in [4.78, 5) is 27.9. The van der Waals surface area contributed by atoms with E-state index in [1.54, 1.807) is 34.1 Å². The average Bonchev–Trinajstić information content (AvgIpc) is 2.73. The molecule has 0 aliphatic carbocycles. The molecule has 1 heterocycles. The number of nitrogens with zero attached hydrogens (tertiary/aromatic N) is 2. The highest BCUT2D eigenvalue weighted by Gasteiger charge is 2.25. The predicted molar refractivity (Wildman–Crippen MR) is 107 cm³/mol. The lowest BCUT2D eigenvalue weighted by Gasteiger charge is -2.34. The molecule has 0 aromatic heterocycles. The molecule has 0 spiro atoms. The third-order valence-corrected chi connectivity index (χ3v) is 4.78. The Balaban J connectivity index is 1.35. The number of ether oxygens (including phenoxy) is 2. The Morgan fingerprint density at radius 3 is 2.25 bits per heavy atom. The largest absolute Gasteiger partial charge is 0.492 e. The van der Waals surface area contributed by atoms with E-state index in [0.717, 1.165) is 0 Å². The first kappa shape index (κ1) is 20.0. The summed E-state index contributed by atoms with van der Waals surface area (Å²) in [5.74, 6) is 1.21. The number of carbonyl (C=O) groups excluding carboxylic acids is 2. The van der Waals surface area contributed by atoms with Gasteiger partial charge in [0.15, 0.2) is 0 Å². The van der Waals surface area contributed by atoms with Crippen molar-refractivity contribution in [1.82, 2.24) is 9.80 Å². The van der Waals surface area contributed by atoms with E-state index in [1.165, 1.54) is 0 Å². The molecule has 1 fully saturated rings. The van der Waals surface area contributed by atoms with Crippen LogP contribution in [-0.4, -0.2) is 54.6 Å². The van der Waals surface area contributed by atoms with Crippen LogP contribution in [0.5, 0.6) is 11.5 Å². The highest BCUT2D eigenvalue weighted by atomic mass is 35.5. The second-order valence-electron chi connectivity index (χ2n) is 6.43. The van der Waals surface area contributed by atoms with Gasteiger partial charge in [-0.1, -0.05) is 41.9 Å². The number of piperazine rings is 1. The van der Waals surface area contributed by atoms with Crippen molar-refractivity contribution >= 4 is 23.6 Å². The van der Waals surface area contributed by atoms with Crippen LogP contribution in [0, 0.1) is 0 Å². The normalized spacial score (nSPS) is 13.9. The monoisotopic (exact) mass is 402 g/mol. The van der Waals surface area contributed by atoms with Crippen molar-refractivity contribution in [2.45, 2.75) is 12.8 Å². The minimum Gasteiger partial charge on any atom is -0.492 e. The molecule has 0 bridgehead atoms. The molecule has 0 unspecified atom stereocenters. The standard InChI is InChI=1S/C21H23ClN2O4/c22-18-9-4-5-10-19(18)27-16-6-11-20(25)23-12-14-24(15-13-23)21(26)28-17-7-2-1-3-8-17/h1-5,7-10H,6,11-16H2. The third kappa shape index (κ3) is 5.63. The number of rotatable bonds is 6. The molecule has 148 valence electrons. The molecule has 6 nitrogen and oxygen atoms in total. The lowest BCUT2D eigenvalue weighted by atomic mass is 10.2. The Morgan fingerprint density at radius 2 is 1.54 bits per heavy atom. The van der Waals surface area contributed by atoms with Crippen LogP contribution in [0.25, 0.3) is 0 Å². The summed E-state index contributed by atoms with van der Waals surface area (Å²) < 4.78 is 10.9. The number of para-hydroxylation sites is 2. The Morgan fingerprint density at radius 1 is 0.893 bits per heavy atom. The van der Waals surface area contributed by atoms with E-state index in [1.807, 2.05) is 30.3 Å². The van der Waals surface area contributed by atoms with Gasteiger partial charge in [0.1, 0.15) is 11.5 Å². The van der Waals surface area contributed by atoms with Crippen LogP contribution >= 0.6 is 11.6 Å². The molecule has 2 amide bonds. The van der Waals surface area contributed by atoms with E-state index in [9.17, 15) is 9.59 Å². The lowest BCUT2D eigenvalue weighted by molar-refractivity contribution is -0.132. The van der Waals surface area contributed by atoms with Crippen molar-refractivity contribution in [1.29, 1.82) is 0 Å². The van der Waals surface area contributed by atoms with E-state index in [4.69, 9.17) is 21.1 Å². The summed E-state index contributed by atoms with van der Waals surface area (Å²) in [7, 11) is 0. The average molecular weight is 403 g/mol. The molecule has 28 heavy (non-hydrogen) atoms. The maximum atomic E-state index is 12.4. The fourth-order valence-electron chi connectivity index (χ4n) is 2.92. The molecule has 1 aliphatic rings. The highest BCUT2D eigenvalue weighted by molar-refractivity contribution is 6.32. The number of halogens is 1. The van der Waals surface area contributed by atoms with E-state index < -0.39 is 0 Å². The highest BCUT2D eigenvalue weighted by Crippen LogP contribution is 2.23. The van der Waals surface area contributed by atoms with Gasteiger partial charge in [-0.3, -0.25) is 4.79 Å². The van der Waals surface area contributed by atoms with Crippen LogP contribution in [-0.2, 0) is 4.79 Å². The zero-order valence-corrected chi connectivity index (χ0v) is 16.3. The maximum Gasteiger partial charge on any atom is 0.415 e. The minimum absolute atomic E-state index is 0.0684. The topological polar surface area (TPSA) is 59.1 Å². The fourth-order valence-corrected chi connectivity index (χ4v) is 3.11. The van der Waals surface area contributed by atoms with E-state index >= 15 is 0 Å². The first-order chi connectivity index (χ1) is 13.6. The molecule has 1 aliphatic heterocycles. The number of hydrogen-bond acceptors (Lipinski definition) is 4. The molecule has 0 radical (unpaired) electrons. The molecule has 3 rings (SSSR count). The first-order valence-corrected chi connectivity index (χ1v) is 9.68. The molecule has 0 atom stereocenters. The van der Waals surface area contributed by atoms with Gasteiger partial charge in [-0.2, -0.15) is 0 Å². The molecular formula is C21H23ClN2O4.